The van der Waals surface area contributed by atoms with Gasteiger partial charge < -0.3 is 4.42 Å². The minimum Gasteiger partial charge on any atom is -0.462 e. The van der Waals surface area contributed by atoms with Gasteiger partial charge in [-0.1, -0.05) is 30.3 Å². The van der Waals surface area contributed by atoms with Crippen molar-refractivity contribution < 1.29 is 4.42 Å². The van der Waals surface area contributed by atoms with Crippen LogP contribution in [0.3, 0.4) is 0 Å². The lowest BCUT2D eigenvalue weighted by Crippen LogP contribution is -2.32. The number of benzene rings is 1. The first-order valence-electron chi connectivity index (χ1n) is 8.70. The molecule has 0 aliphatic rings. The van der Waals surface area contributed by atoms with Gasteiger partial charge in [0.1, 0.15) is 17.3 Å². The molecular formula is C20H24N4OS. The molecular weight excluding hydrogens is 344 g/mol. The summed E-state index contributed by atoms with van der Waals surface area (Å²) in [6.45, 7) is 7.81. The van der Waals surface area contributed by atoms with E-state index in [0.717, 1.165) is 18.1 Å². The van der Waals surface area contributed by atoms with Gasteiger partial charge in [-0.15, -0.1) is 0 Å². The van der Waals surface area contributed by atoms with Gasteiger partial charge in [-0.2, -0.15) is 4.98 Å². The van der Waals surface area contributed by atoms with Crippen molar-refractivity contribution in [3.8, 4) is 0 Å². The third-order valence-electron chi connectivity index (χ3n) is 4.14. The zero-order valence-corrected chi connectivity index (χ0v) is 16.2. The summed E-state index contributed by atoms with van der Waals surface area (Å²) in [4.78, 5) is 6.76. The van der Waals surface area contributed by atoms with Gasteiger partial charge in [-0.05, 0) is 62.8 Å². The van der Waals surface area contributed by atoms with Crippen LogP contribution < -0.4 is 0 Å². The topological polar surface area (TPSA) is 50.0 Å². The number of aromatic amines is 1. The number of nitrogens with zero attached hydrogens (tertiary/aromatic N) is 3. The number of aromatic nitrogens is 3. The normalized spacial score (nSPS) is 11.9. The highest BCUT2D eigenvalue weighted by atomic mass is 32.1. The first-order chi connectivity index (χ1) is 12.5. The molecule has 3 aromatic rings. The molecule has 1 N–H and O–H groups in total. The predicted octanol–water partition coefficient (Wildman–Crippen LogP) is 4.88. The highest BCUT2D eigenvalue weighted by Crippen LogP contribution is 2.12. The third kappa shape index (κ3) is 4.80. The number of nitrogens with one attached hydrogen (secondary N) is 1. The number of aryl methyl sites for hydroxylation is 1. The lowest BCUT2D eigenvalue weighted by atomic mass is 10.2. The summed E-state index contributed by atoms with van der Waals surface area (Å²) in [5.74, 6) is 2.40. The summed E-state index contributed by atoms with van der Waals surface area (Å²) in [5, 5.41) is 3.26. The summed E-state index contributed by atoms with van der Waals surface area (Å²) in [6.07, 6.45) is 3.76. The van der Waals surface area contributed by atoms with Crippen LogP contribution in [-0.2, 0) is 13.2 Å². The number of hydrogen-bond acceptors (Lipinski definition) is 4. The Hall–Kier alpha value is -2.44. The largest absolute Gasteiger partial charge is 0.462 e. The standard InChI is InChI=1S/C20H24N4OS/c1-15(2)23(13-17-7-5-4-6-8-17)14-24-20(26)21-19(22-24)12-11-18-10-9-16(3)25-18/h4-12,15H,13-14H2,1-3H3,(H,21,22,26)/b12-11+. The SMILES string of the molecule is Cc1ccc(/C=C/c2nc(=S)n(CN(Cc3ccccc3)C(C)C)[nH]2)o1. The van der Waals surface area contributed by atoms with Crippen LogP contribution in [0.2, 0.25) is 0 Å². The molecule has 0 aliphatic carbocycles. The molecule has 0 atom stereocenters. The summed E-state index contributed by atoms with van der Waals surface area (Å²) in [6, 6.07) is 14.7. The summed E-state index contributed by atoms with van der Waals surface area (Å²) in [7, 11) is 0. The van der Waals surface area contributed by atoms with E-state index >= 15 is 0 Å². The number of H-pyrrole nitrogens is 1. The van der Waals surface area contributed by atoms with E-state index in [0.29, 0.717) is 23.3 Å². The molecule has 0 radical (unpaired) electrons. The van der Waals surface area contributed by atoms with Crippen molar-refractivity contribution in [3.63, 3.8) is 0 Å². The molecule has 136 valence electrons. The van der Waals surface area contributed by atoms with Crippen molar-refractivity contribution in [2.45, 2.75) is 40.0 Å². The van der Waals surface area contributed by atoms with Crippen LogP contribution in [0, 0.1) is 11.7 Å². The predicted molar refractivity (Wildman–Crippen MR) is 107 cm³/mol. The quantitative estimate of drug-likeness (QED) is 0.604. The van der Waals surface area contributed by atoms with E-state index in [9.17, 15) is 0 Å². The molecule has 3 rings (SSSR count). The van der Waals surface area contributed by atoms with Crippen molar-refractivity contribution in [3.05, 3.63) is 70.1 Å². The lowest BCUT2D eigenvalue weighted by Gasteiger charge is -2.26. The molecule has 1 aromatic carbocycles. The van der Waals surface area contributed by atoms with Gasteiger partial charge in [0.15, 0.2) is 0 Å². The van der Waals surface area contributed by atoms with Gasteiger partial charge in [-0.3, -0.25) is 10.00 Å². The third-order valence-corrected chi connectivity index (χ3v) is 4.46. The van der Waals surface area contributed by atoms with E-state index in [1.54, 1.807) is 0 Å². The second-order valence-electron chi connectivity index (χ2n) is 6.57. The average molecular weight is 369 g/mol. The van der Waals surface area contributed by atoms with E-state index in [-0.39, 0.29) is 0 Å². The lowest BCUT2D eigenvalue weighted by molar-refractivity contribution is 0.153. The summed E-state index contributed by atoms with van der Waals surface area (Å²) in [5.41, 5.74) is 1.28. The van der Waals surface area contributed by atoms with Gasteiger partial charge in [-0.25, -0.2) is 4.68 Å². The van der Waals surface area contributed by atoms with E-state index in [1.165, 1.54) is 5.56 Å². The minimum absolute atomic E-state index is 0.380. The first-order valence-corrected chi connectivity index (χ1v) is 9.11. The molecule has 0 bridgehead atoms. The van der Waals surface area contributed by atoms with Gasteiger partial charge in [0.25, 0.3) is 0 Å². The van der Waals surface area contributed by atoms with Crippen LogP contribution in [0.4, 0.5) is 0 Å². The van der Waals surface area contributed by atoms with Crippen LogP contribution in [0.15, 0.2) is 46.9 Å². The first kappa shape index (κ1) is 18.4. The molecule has 0 saturated carbocycles. The van der Waals surface area contributed by atoms with Crippen LogP contribution in [-0.4, -0.2) is 25.7 Å². The maximum Gasteiger partial charge on any atom is 0.217 e. The maximum absolute atomic E-state index is 5.54. The van der Waals surface area contributed by atoms with Crippen LogP contribution in [0.1, 0.15) is 36.8 Å². The van der Waals surface area contributed by atoms with E-state index in [1.807, 2.05) is 42.0 Å². The van der Waals surface area contributed by atoms with Crippen molar-refractivity contribution in [2.24, 2.45) is 0 Å². The van der Waals surface area contributed by atoms with E-state index in [2.05, 4.69) is 53.1 Å². The van der Waals surface area contributed by atoms with Crippen molar-refractivity contribution in [2.75, 3.05) is 0 Å². The monoisotopic (exact) mass is 368 g/mol. The minimum atomic E-state index is 0.380. The molecule has 2 heterocycles. The molecule has 0 spiro atoms. The van der Waals surface area contributed by atoms with Crippen LogP contribution in [0.25, 0.3) is 12.2 Å². The molecule has 0 amide bonds. The van der Waals surface area contributed by atoms with Gasteiger partial charge in [0.05, 0.1) is 6.67 Å². The molecule has 2 aromatic heterocycles. The average Bonchev–Trinajstić information content (AvgIpc) is 3.19. The summed E-state index contributed by atoms with van der Waals surface area (Å²) >= 11 is 5.41. The molecule has 26 heavy (non-hydrogen) atoms. The molecule has 6 heteroatoms. The fourth-order valence-corrected chi connectivity index (χ4v) is 2.85. The summed E-state index contributed by atoms with van der Waals surface area (Å²) < 4.78 is 7.97. The second kappa shape index (κ2) is 8.29. The highest BCUT2D eigenvalue weighted by molar-refractivity contribution is 7.71. The number of furan rings is 1. The van der Waals surface area contributed by atoms with Crippen LogP contribution in [0.5, 0.6) is 0 Å². The smallest absolute Gasteiger partial charge is 0.217 e. The Morgan fingerprint density at radius 3 is 2.62 bits per heavy atom. The molecule has 0 aliphatic heterocycles. The highest BCUT2D eigenvalue weighted by Gasteiger charge is 2.12. The Bertz CT molecular complexity index is 921. The fraction of sp³-hybridized carbons (Fsp3) is 0.300. The maximum atomic E-state index is 5.54. The Morgan fingerprint density at radius 1 is 1.19 bits per heavy atom. The van der Waals surface area contributed by atoms with E-state index < -0.39 is 0 Å². The Morgan fingerprint density at radius 2 is 1.96 bits per heavy atom. The molecule has 0 unspecified atom stereocenters. The van der Waals surface area contributed by atoms with E-state index in [4.69, 9.17) is 16.6 Å². The van der Waals surface area contributed by atoms with Gasteiger partial charge in [0, 0.05) is 12.6 Å². The fourth-order valence-electron chi connectivity index (χ4n) is 2.64. The second-order valence-corrected chi connectivity index (χ2v) is 6.93. The Kier molecular flexibility index (Phi) is 5.85. The molecule has 0 fully saturated rings. The van der Waals surface area contributed by atoms with Crippen molar-refractivity contribution in [1.29, 1.82) is 0 Å². The van der Waals surface area contributed by atoms with Gasteiger partial charge >= 0.3 is 0 Å². The zero-order chi connectivity index (χ0) is 18.5. The zero-order valence-electron chi connectivity index (χ0n) is 15.3. The van der Waals surface area contributed by atoms with Crippen molar-refractivity contribution in [1.82, 2.24) is 19.7 Å². The van der Waals surface area contributed by atoms with Gasteiger partial charge in [0.2, 0.25) is 4.77 Å². The Balaban J connectivity index is 1.72. The number of hydrogen-bond donors (Lipinski definition) is 1. The van der Waals surface area contributed by atoms with Crippen LogP contribution >= 0.6 is 12.2 Å². The Labute approximate surface area is 159 Å². The number of rotatable bonds is 7. The molecule has 0 saturated heterocycles. The van der Waals surface area contributed by atoms with Crippen molar-refractivity contribution >= 4 is 24.4 Å². The molecule has 5 nitrogen and oxygen atoms in total.